The summed E-state index contributed by atoms with van der Waals surface area (Å²) in [5.74, 6) is 2.20. The van der Waals surface area contributed by atoms with E-state index in [-0.39, 0.29) is 11.9 Å². The van der Waals surface area contributed by atoms with Gasteiger partial charge in [-0.1, -0.05) is 56.4 Å². The van der Waals surface area contributed by atoms with E-state index in [1.165, 1.54) is 24.0 Å². The zero-order valence-electron chi connectivity index (χ0n) is 16.5. The minimum atomic E-state index is 0.0486. The first-order valence-electron chi connectivity index (χ1n) is 9.83. The molecule has 1 aromatic carbocycles. The Morgan fingerprint density at radius 1 is 1.11 bits per heavy atom. The molecule has 2 aromatic heterocycles. The molecule has 27 heavy (non-hydrogen) atoms. The molecular formula is C21H28N4OS. The largest absolute Gasteiger partial charge is 0.492 e. The average molecular weight is 385 g/mol. The van der Waals surface area contributed by atoms with Crippen molar-refractivity contribution in [1.29, 1.82) is 0 Å². The summed E-state index contributed by atoms with van der Waals surface area (Å²) in [6, 6.07) is 8.93. The number of fused-ring (bicyclic) bond motifs is 1. The lowest BCUT2D eigenvalue weighted by molar-refractivity contribution is 0.157. The van der Waals surface area contributed by atoms with E-state index in [1.807, 2.05) is 6.92 Å². The highest BCUT2D eigenvalue weighted by Gasteiger charge is 2.31. The third kappa shape index (κ3) is 3.48. The molecule has 0 saturated carbocycles. The van der Waals surface area contributed by atoms with Crippen molar-refractivity contribution in [1.82, 2.24) is 19.5 Å². The number of piperidine rings is 1. The number of hydrogen-bond donors (Lipinski definition) is 1. The second kappa shape index (κ2) is 7.24. The first-order chi connectivity index (χ1) is 12.9. The number of aromatic nitrogens is 3. The Hall–Kier alpha value is -1.92. The molecular weight excluding hydrogens is 356 g/mol. The molecule has 0 radical (unpaired) electrons. The quantitative estimate of drug-likeness (QED) is 0.705. The van der Waals surface area contributed by atoms with Gasteiger partial charge in [0.25, 0.3) is 0 Å². The van der Waals surface area contributed by atoms with E-state index >= 15 is 0 Å². The number of likely N-dealkylation sites (tertiary alicyclic amines) is 1. The molecule has 1 aliphatic rings. The number of aromatic hydroxyl groups is 1. The first-order valence-corrected chi connectivity index (χ1v) is 10.6. The van der Waals surface area contributed by atoms with Crippen LogP contribution in [0, 0.1) is 12.8 Å². The zero-order valence-corrected chi connectivity index (χ0v) is 17.3. The van der Waals surface area contributed by atoms with Gasteiger partial charge in [-0.25, -0.2) is 4.98 Å². The molecule has 144 valence electrons. The minimum Gasteiger partial charge on any atom is -0.492 e. The van der Waals surface area contributed by atoms with E-state index in [2.05, 4.69) is 60.0 Å². The summed E-state index contributed by atoms with van der Waals surface area (Å²) in [6.07, 6.45) is 2.39. The van der Waals surface area contributed by atoms with Crippen LogP contribution in [0.1, 0.15) is 67.4 Å². The average Bonchev–Trinajstić information content (AvgIpc) is 3.15. The Bertz CT molecular complexity index is 920. The Kier molecular flexibility index (Phi) is 4.95. The molecule has 6 heteroatoms. The molecule has 1 saturated heterocycles. The van der Waals surface area contributed by atoms with Gasteiger partial charge in [0, 0.05) is 0 Å². The van der Waals surface area contributed by atoms with E-state index < -0.39 is 0 Å². The summed E-state index contributed by atoms with van der Waals surface area (Å²) < 4.78 is 1.58. The number of rotatable bonds is 4. The lowest BCUT2D eigenvalue weighted by Gasteiger charge is -2.36. The van der Waals surface area contributed by atoms with Crippen molar-refractivity contribution in [2.75, 3.05) is 13.1 Å². The molecule has 3 heterocycles. The van der Waals surface area contributed by atoms with Crippen LogP contribution in [-0.2, 0) is 0 Å². The molecule has 0 unspecified atom stereocenters. The van der Waals surface area contributed by atoms with Gasteiger partial charge >= 0.3 is 0 Å². The molecule has 0 aliphatic carbocycles. The Morgan fingerprint density at radius 3 is 2.33 bits per heavy atom. The van der Waals surface area contributed by atoms with Gasteiger partial charge in [-0.2, -0.15) is 4.52 Å². The van der Waals surface area contributed by atoms with Gasteiger partial charge in [0.1, 0.15) is 5.82 Å². The van der Waals surface area contributed by atoms with Crippen molar-refractivity contribution in [2.45, 2.75) is 52.5 Å². The zero-order chi connectivity index (χ0) is 19.1. The molecule has 0 bridgehead atoms. The van der Waals surface area contributed by atoms with E-state index in [0.717, 1.165) is 28.8 Å². The maximum atomic E-state index is 10.9. The molecule has 0 amide bonds. The third-order valence-electron chi connectivity index (χ3n) is 5.66. The second-order valence-corrected chi connectivity index (χ2v) is 9.09. The van der Waals surface area contributed by atoms with Gasteiger partial charge in [0.2, 0.25) is 10.8 Å². The summed E-state index contributed by atoms with van der Waals surface area (Å²) in [5, 5.41) is 15.3. The van der Waals surface area contributed by atoms with E-state index in [0.29, 0.717) is 11.7 Å². The topological polar surface area (TPSA) is 53.7 Å². The third-order valence-corrected chi connectivity index (χ3v) is 6.73. The van der Waals surface area contributed by atoms with Crippen LogP contribution in [0.5, 0.6) is 5.88 Å². The summed E-state index contributed by atoms with van der Waals surface area (Å²) in [6.45, 7) is 10.7. The van der Waals surface area contributed by atoms with Gasteiger partial charge < -0.3 is 5.11 Å². The lowest BCUT2D eigenvalue weighted by Crippen LogP contribution is -2.36. The van der Waals surface area contributed by atoms with Gasteiger partial charge in [-0.05, 0) is 55.8 Å². The standard InChI is InChI=1S/C21H28N4OS/c1-13(2)16-5-7-17(8-6-16)18(24-11-9-14(3)10-12-24)19-20(26)25-21(27-19)22-15(4)23-25/h5-8,13-14,18,26H,9-12H2,1-4H3/t18-/m1/s1. The van der Waals surface area contributed by atoms with Crippen LogP contribution in [-0.4, -0.2) is 37.7 Å². The Balaban J connectivity index is 1.77. The summed E-state index contributed by atoms with van der Waals surface area (Å²) in [4.78, 5) is 8.66. The minimum absolute atomic E-state index is 0.0486. The van der Waals surface area contributed by atoms with E-state index in [9.17, 15) is 5.11 Å². The fourth-order valence-corrected chi connectivity index (χ4v) is 5.07. The van der Waals surface area contributed by atoms with Crippen LogP contribution in [0.4, 0.5) is 0 Å². The molecule has 5 nitrogen and oxygen atoms in total. The predicted molar refractivity (Wildman–Crippen MR) is 110 cm³/mol. The van der Waals surface area contributed by atoms with Crippen LogP contribution in [0.2, 0.25) is 0 Å². The molecule has 1 aliphatic heterocycles. The van der Waals surface area contributed by atoms with Crippen molar-refractivity contribution in [3.05, 3.63) is 46.1 Å². The molecule has 0 spiro atoms. The fourth-order valence-electron chi connectivity index (χ4n) is 3.90. The number of aryl methyl sites for hydroxylation is 1. The molecule has 1 fully saturated rings. The summed E-state index contributed by atoms with van der Waals surface area (Å²) in [7, 11) is 0. The van der Waals surface area contributed by atoms with Gasteiger partial charge in [0.15, 0.2) is 0 Å². The van der Waals surface area contributed by atoms with Crippen LogP contribution >= 0.6 is 11.3 Å². The molecule has 3 aromatic rings. The van der Waals surface area contributed by atoms with E-state index in [1.54, 1.807) is 15.9 Å². The number of hydrogen-bond acceptors (Lipinski definition) is 5. The van der Waals surface area contributed by atoms with Gasteiger partial charge in [-0.15, -0.1) is 5.10 Å². The Morgan fingerprint density at radius 2 is 1.74 bits per heavy atom. The highest BCUT2D eigenvalue weighted by atomic mass is 32.1. The van der Waals surface area contributed by atoms with Crippen molar-refractivity contribution >= 4 is 16.3 Å². The second-order valence-electron chi connectivity index (χ2n) is 8.09. The fraction of sp³-hybridized carbons (Fsp3) is 0.524. The summed E-state index contributed by atoms with van der Waals surface area (Å²) >= 11 is 1.55. The summed E-state index contributed by atoms with van der Waals surface area (Å²) in [5.41, 5.74) is 2.57. The van der Waals surface area contributed by atoms with Crippen LogP contribution in [0.15, 0.2) is 24.3 Å². The number of nitrogens with zero attached hydrogens (tertiary/aromatic N) is 4. The van der Waals surface area contributed by atoms with Gasteiger partial charge in [0.05, 0.1) is 10.9 Å². The van der Waals surface area contributed by atoms with Crippen LogP contribution in [0.25, 0.3) is 4.96 Å². The maximum absolute atomic E-state index is 10.9. The van der Waals surface area contributed by atoms with E-state index in [4.69, 9.17) is 0 Å². The maximum Gasteiger partial charge on any atom is 0.230 e. The van der Waals surface area contributed by atoms with Crippen LogP contribution < -0.4 is 0 Å². The molecule has 1 atom stereocenters. The normalized spacial score (nSPS) is 17.8. The lowest BCUT2D eigenvalue weighted by atomic mass is 9.94. The highest BCUT2D eigenvalue weighted by molar-refractivity contribution is 7.17. The first kappa shape index (κ1) is 18.4. The molecule has 4 rings (SSSR count). The smallest absolute Gasteiger partial charge is 0.230 e. The SMILES string of the molecule is Cc1nc2sc([C@@H](c3ccc(C(C)C)cc3)N3CCC(C)CC3)c(O)n2n1. The highest BCUT2D eigenvalue weighted by Crippen LogP contribution is 2.41. The Labute approximate surface area is 164 Å². The van der Waals surface area contributed by atoms with Crippen molar-refractivity contribution in [3.63, 3.8) is 0 Å². The van der Waals surface area contributed by atoms with Crippen molar-refractivity contribution < 1.29 is 5.11 Å². The monoisotopic (exact) mass is 384 g/mol. The van der Waals surface area contributed by atoms with Crippen LogP contribution in [0.3, 0.4) is 0 Å². The number of thiazole rings is 1. The van der Waals surface area contributed by atoms with Crippen molar-refractivity contribution in [2.24, 2.45) is 5.92 Å². The van der Waals surface area contributed by atoms with Crippen molar-refractivity contribution in [3.8, 4) is 5.88 Å². The predicted octanol–water partition coefficient (Wildman–Crippen LogP) is 4.75. The molecule has 1 N–H and O–H groups in total. The number of benzene rings is 1. The van der Waals surface area contributed by atoms with Gasteiger partial charge in [-0.3, -0.25) is 4.90 Å².